The molecule has 1 amide bonds. The average Bonchev–Trinajstić information content (AvgIpc) is 3.13. The van der Waals surface area contributed by atoms with Gasteiger partial charge in [-0.15, -0.1) is 0 Å². The number of Topliss-reactive ketones (excluding diaryl/α,β-unsaturated/α-hetero) is 1. The molecule has 1 unspecified atom stereocenters. The largest absolute Gasteiger partial charge is 0.507 e. The summed E-state index contributed by atoms with van der Waals surface area (Å²) in [5.41, 5.74) is 1.15. The van der Waals surface area contributed by atoms with Crippen molar-refractivity contribution in [1.29, 1.82) is 0 Å². The van der Waals surface area contributed by atoms with Gasteiger partial charge in [0.05, 0.1) is 16.5 Å². The number of likely N-dealkylation sites (tertiary alicyclic amines) is 1. The van der Waals surface area contributed by atoms with Gasteiger partial charge in [-0.2, -0.15) is 0 Å². The number of pyridine rings is 1. The van der Waals surface area contributed by atoms with Crippen molar-refractivity contribution in [2.24, 2.45) is 0 Å². The number of nitro benzene ring substituents is 1. The van der Waals surface area contributed by atoms with E-state index in [1.807, 2.05) is 0 Å². The lowest BCUT2D eigenvalue weighted by molar-refractivity contribution is -0.384. The number of carbonyl (C=O) groups is 2. The molecule has 0 radical (unpaired) electrons. The summed E-state index contributed by atoms with van der Waals surface area (Å²) >= 11 is 0. The maximum absolute atomic E-state index is 13.2. The summed E-state index contributed by atoms with van der Waals surface area (Å²) < 4.78 is 11.1. The van der Waals surface area contributed by atoms with Crippen LogP contribution in [-0.2, 0) is 16.1 Å². The number of fused-ring (bicyclic) bond motifs is 1. The van der Waals surface area contributed by atoms with Crippen LogP contribution in [-0.4, -0.2) is 44.8 Å². The molecule has 5 rings (SSSR count). The Morgan fingerprint density at radius 3 is 2.51 bits per heavy atom. The number of nitro groups is 1. The van der Waals surface area contributed by atoms with Gasteiger partial charge >= 0.3 is 0 Å². The fourth-order valence-electron chi connectivity index (χ4n) is 4.20. The van der Waals surface area contributed by atoms with Gasteiger partial charge in [-0.05, 0) is 47.5 Å². The van der Waals surface area contributed by atoms with Crippen LogP contribution in [0.25, 0.3) is 5.76 Å². The van der Waals surface area contributed by atoms with Crippen molar-refractivity contribution < 1.29 is 29.1 Å². The van der Waals surface area contributed by atoms with E-state index in [1.165, 1.54) is 29.2 Å². The van der Waals surface area contributed by atoms with E-state index in [1.54, 1.807) is 42.7 Å². The van der Waals surface area contributed by atoms with Gasteiger partial charge < -0.3 is 19.5 Å². The van der Waals surface area contributed by atoms with Crippen LogP contribution < -0.4 is 9.47 Å². The SMILES string of the molecule is O=C1C(=O)N(Cc2cccnc2)C(c2ccc([N+](=O)[O-])cc2)/C1=C(\O)c1ccc2c(c1)OCCO2. The molecule has 3 heterocycles. The van der Waals surface area contributed by atoms with E-state index in [2.05, 4.69) is 4.98 Å². The van der Waals surface area contributed by atoms with Crippen molar-refractivity contribution >= 4 is 23.1 Å². The van der Waals surface area contributed by atoms with Gasteiger partial charge in [0.25, 0.3) is 17.4 Å². The lowest BCUT2D eigenvalue weighted by Gasteiger charge is -2.25. The van der Waals surface area contributed by atoms with Crippen molar-refractivity contribution in [3.63, 3.8) is 0 Å². The summed E-state index contributed by atoms with van der Waals surface area (Å²) in [5, 5.41) is 22.4. The number of aliphatic hydroxyl groups excluding tert-OH is 1. The zero-order valence-corrected chi connectivity index (χ0v) is 18.3. The Bertz CT molecular complexity index is 1350. The van der Waals surface area contributed by atoms with E-state index >= 15 is 0 Å². The Morgan fingerprint density at radius 2 is 1.83 bits per heavy atom. The summed E-state index contributed by atoms with van der Waals surface area (Å²) in [4.78, 5) is 42.3. The Labute approximate surface area is 199 Å². The summed E-state index contributed by atoms with van der Waals surface area (Å²) in [6.45, 7) is 0.797. The zero-order chi connectivity index (χ0) is 24.5. The molecule has 2 aliphatic rings. The molecule has 2 aromatic carbocycles. The van der Waals surface area contributed by atoms with E-state index in [-0.39, 0.29) is 29.1 Å². The molecule has 2 aliphatic heterocycles. The van der Waals surface area contributed by atoms with E-state index < -0.39 is 22.7 Å². The molecule has 1 N–H and O–H groups in total. The fraction of sp³-hybridized carbons (Fsp3) is 0.160. The molecule has 0 saturated carbocycles. The van der Waals surface area contributed by atoms with Gasteiger partial charge in [0, 0.05) is 36.6 Å². The predicted molar refractivity (Wildman–Crippen MR) is 123 cm³/mol. The molecule has 0 aliphatic carbocycles. The van der Waals surface area contributed by atoms with Gasteiger partial charge in [0.2, 0.25) is 0 Å². The normalized spacial score (nSPS) is 18.5. The highest BCUT2D eigenvalue weighted by Gasteiger charge is 2.46. The number of nitrogens with zero attached hydrogens (tertiary/aromatic N) is 3. The van der Waals surface area contributed by atoms with E-state index in [4.69, 9.17) is 9.47 Å². The highest BCUT2D eigenvalue weighted by Crippen LogP contribution is 2.42. The molecule has 3 aromatic rings. The summed E-state index contributed by atoms with van der Waals surface area (Å²) in [7, 11) is 0. The van der Waals surface area contributed by atoms with Crippen LogP contribution >= 0.6 is 0 Å². The summed E-state index contributed by atoms with van der Waals surface area (Å²) in [6.07, 6.45) is 3.17. The Hall–Kier alpha value is -4.73. The average molecular weight is 473 g/mol. The molecule has 10 heteroatoms. The first-order valence-electron chi connectivity index (χ1n) is 10.8. The molecular formula is C25H19N3O7. The van der Waals surface area contributed by atoms with E-state index in [0.29, 0.717) is 35.8 Å². The number of hydrogen-bond donors (Lipinski definition) is 1. The topological polar surface area (TPSA) is 132 Å². The third-order valence-corrected chi connectivity index (χ3v) is 5.85. The van der Waals surface area contributed by atoms with Crippen LogP contribution in [0, 0.1) is 10.1 Å². The third-order valence-electron chi connectivity index (χ3n) is 5.85. The van der Waals surface area contributed by atoms with E-state index in [0.717, 1.165) is 0 Å². The monoisotopic (exact) mass is 473 g/mol. The second-order valence-electron chi connectivity index (χ2n) is 8.00. The highest BCUT2D eigenvalue weighted by molar-refractivity contribution is 6.46. The molecule has 176 valence electrons. The molecule has 1 fully saturated rings. The molecule has 1 atom stereocenters. The van der Waals surface area contributed by atoms with Gasteiger partial charge in [-0.25, -0.2) is 0 Å². The number of ether oxygens (including phenoxy) is 2. The first-order valence-corrected chi connectivity index (χ1v) is 10.8. The Balaban J connectivity index is 1.63. The first-order chi connectivity index (χ1) is 16.9. The van der Waals surface area contributed by atoms with Gasteiger partial charge in [0.1, 0.15) is 19.0 Å². The summed E-state index contributed by atoms with van der Waals surface area (Å²) in [5.74, 6) is -1.10. The molecule has 0 spiro atoms. The standard InChI is InChI=1S/C25H19N3O7/c29-23(17-5-8-19-20(12-17)35-11-10-34-19)21-22(16-3-6-18(7-4-16)28(32)33)27(25(31)24(21)30)14-15-2-1-9-26-13-15/h1-9,12-13,22,29H,10-11,14H2/b23-21+. The number of aromatic nitrogens is 1. The highest BCUT2D eigenvalue weighted by atomic mass is 16.6. The van der Waals surface area contributed by atoms with Gasteiger partial charge in [-0.3, -0.25) is 24.7 Å². The van der Waals surface area contributed by atoms with Crippen molar-refractivity contribution in [2.75, 3.05) is 13.2 Å². The number of benzene rings is 2. The lowest BCUT2D eigenvalue weighted by atomic mass is 9.95. The number of amides is 1. The first kappa shape index (κ1) is 22.1. The van der Waals surface area contributed by atoms with E-state index in [9.17, 15) is 24.8 Å². The van der Waals surface area contributed by atoms with Crippen LogP contribution in [0.2, 0.25) is 0 Å². The number of carbonyl (C=O) groups excluding carboxylic acids is 2. The van der Waals surface area contributed by atoms with Crippen molar-refractivity contribution in [1.82, 2.24) is 9.88 Å². The summed E-state index contributed by atoms with van der Waals surface area (Å²) in [6, 6.07) is 12.8. The zero-order valence-electron chi connectivity index (χ0n) is 18.3. The number of ketones is 1. The number of hydrogen-bond acceptors (Lipinski definition) is 8. The molecule has 1 aromatic heterocycles. The Kier molecular flexibility index (Phi) is 5.61. The van der Waals surface area contributed by atoms with Crippen molar-refractivity contribution in [3.8, 4) is 11.5 Å². The number of rotatable bonds is 5. The number of aliphatic hydroxyl groups is 1. The minimum Gasteiger partial charge on any atom is -0.507 e. The van der Waals surface area contributed by atoms with Crippen LogP contribution in [0.5, 0.6) is 11.5 Å². The quantitative estimate of drug-likeness (QED) is 0.196. The maximum Gasteiger partial charge on any atom is 0.295 e. The molecule has 10 nitrogen and oxygen atoms in total. The van der Waals surface area contributed by atoms with Gasteiger partial charge in [-0.1, -0.05) is 6.07 Å². The maximum atomic E-state index is 13.2. The minimum absolute atomic E-state index is 0.0536. The van der Waals surface area contributed by atoms with Crippen LogP contribution in [0.3, 0.4) is 0 Å². The fourth-order valence-corrected chi connectivity index (χ4v) is 4.20. The Morgan fingerprint density at radius 1 is 1.09 bits per heavy atom. The molecule has 0 bridgehead atoms. The lowest BCUT2D eigenvalue weighted by Crippen LogP contribution is -2.29. The second kappa shape index (κ2) is 8.90. The third kappa shape index (κ3) is 4.05. The van der Waals surface area contributed by atoms with Crippen LogP contribution in [0.1, 0.15) is 22.7 Å². The smallest absolute Gasteiger partial charge is 0.295 e. The minimum atomic E-state index is -0.968. The molecule has 35 heavy (non-hydrogen) atoms. The number of non-ortho nitro benzene ring substituents is 1. The van der Waals surface area contributed by atoms with Crippen molar-refractivity contribution in [3.05, 3.63) is 99.4 Å². The van der Waals surface area contributed by atoms with Gasteiger partial charge in [0.15, 0.2) is 11.5 Å². The van der Waals surface area contributed by atoms with Crippen molar-refractivity contribution in [2.45, 2.75) is 12.6 Å². The van der Waals surface area contributed by atoms with Crippen LogP contribution in [0.4, 0.5) is 5.69 Å². The molecule has 1 saturated heterocycles. The molecular weight excluding hydrogens is 454 g/mol. The predicted octanol–water partition coefficient (Wildman–Crippen LogP) is 3.38. The van der Waals surface area contributed by atoms with Crippen LogP contribution in [0.15, 0.2) is 72.6 Å². The second-order valence-corrected chi connectivity index (χ2v) is 8.00.